The Labute approximate surface area is 135 Å². The molecular formula is C17H15F6N. The topological polar surface area (TPSA) is 12.0 Å². The van der Waals surface area contributed by atoms with E-state index in [9.17, 15) is 26.3 Å². The van der Waals surface area contributed by atoms with Gasteiger partial charge in [0.1, 0.15) is 0 Å². The van der Waals surface area contributed by atoms with Crippen molar-refractivity contribution in [1.82, 2.24) is 0 Å². The molecule has 1 nitrogen and oxygen atoms in total. The maximum Gasteiger partial charge on any atom is 0.416 e. The van der Waals surface area contributed by atoms with Crippen molar-refractivity contribution >= 4 is 11.4 Å². The maximum atomic E-state index is 12.8. The molecule has 2 rings (SSSR count). The molecule has 0 atom stereocenters. The van der Waals surface area contributed by atoms with Crippen LogP contribution in [0.1, 0.15) is 36.5 Å². The molecule has 0 aromatic heterocycles. The summed E-state index contributed by atoms with van der Waals surface area (Å²) in [6.45, 7) is 3.95. The van der Waals surface area contributed by atoms with Crippen LogP contribution in [0.2, 0.25) is 0 Å². The highest BCUT2D eigenvalue weighted by Crippen LogP contribution is 2.38. The van der Waals surface area contributed by atoms with Crippen LogP contribution in [0.4, 0.5) is 37.7 Å². The third-order valence-corrected chi connectivity index (χ3v) is 3.45. The molecule has 0 spiro atoms. The lowest BCUT2D eigenvalue weighted by Crippen LogP contribution is -2.11. The summed E-state index contributed by atoms with van der Waals surface area (Å²) in [5, 5.41) is 2.60. The van der Waals surface area contributed by atoms with Crippen molar-refractivity contribution in [2.24, 2.45) is 0 Å². The van der Waals surface area contributed by atoms with Gasteiger partial charge in [-0.25, -0.2) is 0 Å². The minimum absolute atomic E-state index is 0.104. The molecule has 24 heavy (non-hydrogen) atoms. The molecule has 0 heterocycles. The van der Waals surface area contributed by atoms with Gasteiger partial charge in [-0.05, 0) is 41.8 Å². The summed E-state index contributed by atoms with van der Waals surface area (Å²) >= 11 is 0. The normalized spacial score (nSPS) is 12.5. The Morgan fingerprint density at radius 3 is 1.54 bits per heavy atom. The Kier molecular flexibility index (Phi) is 4.82. The molecule has 1 N–H and O–H groups in total. The summed E-state index contributed by atoms with van der Waals surface area (Å²) in [4.78, 5) is 0. The average molecular weight is 347 g/mol. The highest BCUT2D eigenvalue weighted by molar-refractivity contribution is 5.62. The zero-order valence-corrected chi connectivity index (χ0v) is 12.9. The summed E-state index contributed by atoms with van der Waals surface area (Å²) in [5.41, 5.74) is -1.54. The number of alkyl halides is 6. The van der Waals surface area contributed by atoms with Crippen LogP contribution in [0, 0.1) is 0 Å². The molecule has 130 valence electrons. The van der Waals surface area contributed by atoms with Crippen LogP contribution in [-0.4, -0.2) is 0 Å². The van der Waals surface area contributed by atoms with E-state index in [1.165, 1.54) is 0 Å². The number of anilines is 2. The van der Waals surface area contributed by atoms with E-state index in [2.05, 4.69) is 5.32 Å². The molecule has 0 unspecified atom stereocenters. The summed E-state index contributed by atoms with van der Waals surface area (Å²) in [5.74, 6) is 0.268. The van der Waals surface area contributed by atoms with E-state index in [1.54, 1.807) is 24.3 Å². The molecule has 0 amide bonds. The number of hydrogen-bond donors (Lipinski definition) is 1. The van der Waals surface area contributed by atoms with Gasteiger partial charge in [-0.3, -0.25) is 0 Å². The van der Waals surface area contributed by atoms with Gasteiger partial charge in [0.15, 0.2) is 0 Å². The standard InChI is InChI=1S/C17H15F6N/c1-10(2)11-3-5-14(6-4-11)24-15-8-12(16(18,19)20)7-13(9-15)17(21,22)23/h3-10,24H,1-2H3. The Morgan fingerprint density at radius 1 is 0.708 bits per heavy atom. The molecule has 0 aliphatic rings. The van der Waals surface area contributed by atoms with Gasteiger partial charge in [-0.15, -0.1) is 0 Å². The quantitative estimate of drug-likeness (QED) is 0.618. The van der Waals surface area contributed by atoms with Crippen molar-refractivity contribution in [3.05, 3.63) is 59.2 Å². The average Bonchev–Trinajstić information content (AvgIpc) is 2.45. The lowest BCUT2D eigenvalue weighted by Gasteiger charge is -2.15. The van der Waals surface area contributed by atoms with Gasteiger partial charge in [0.25, 0.3) is 0 Å². The van der Waals surface area contributed by atoms with E-state index in [0.29, 0.717) is 17.8 Å². The fourth-order valence-electron chi connectivity index (χ4n) is 2.15. The molecule has 0 radical (unpaired) electrons. The summed E-state index contributed by atoms with van der Waals surface area (Å²) < 4.78 is 76.9. The van der Waals surface area contributed by atoms with Crippen LogP contribution in [0.15, 0.2) is 42.5 Å². The van der Waals surface area contributed by atoms with Gasteiger partial charge in [-0.2, -0.15) is 26.3 Å². The maximum absolute atomic E-state index is 12.8. The zero-order chi connectivity index (χ0) is 18.1. The fraction of sp³-hybridized carbons (Fsp3) is 0.294. The first-order valence-corrected chi connectivity index (χ1v) is 7.13. The predicted octanol–water partition coefficient (Wildman–Crippen LogP) is 6.59. The minimum atomic E-state index is -4.86. The molecule has 0 fully saturated rings. The predicted molar refractivity (Wildman–Crippen MR) is 80.3 cm³/mol. The van der Waals surface area contributed by atoms with E-state index in [4.69, 9.17) is 0 Å². The molecule has 2 aromatic rings. The van der Waals surface area contributed by atoms with E-state index in [0.717, 1.165) is 5.56 Å². The van der Waals surface area contributed by atoms with Gasteiger partial charge in [0, 0.05) is 11.4 Å². The second-order valence-electron chi connectivity index (χ2n) is 5.70. The van der Waals surface area contributed by atoms with Crippen molar-refractivity contribution < 1.29 is 26.3 Å². The second kappa shape index (κ2) is 6.37. The molecule has 7 heteroatoms. The third kappa shape index (κ3) is 4.43. The Balaban J connectivity index is 2.38. The van der Waals surface area contributed by atoms with Crippen molar-refractivity contribution in [2.75, 3.05) is 5.32 Å². The molecule has 0 aliphatic carbocycles. The van der Waals surface area contributed by atoms with Crippen LogP contribution in [0.25, 0.3) is 0 Å². The monoisotopic (exact) mass is 347 g/mol. The molecule has 0 aliphatic heterocycles. The fourth-order valence-corrected chi connectivity index (χ4v) is 2.15. The Hall–Kier alpha value is -2.18. The highest BCUT2D eigenvalue weighted by atomic mass is 19.4. The van der Waals surface area contributed by atoms with Gasteiger partial charge >= 0.3 is 12.4 Å². The Bertz CT molecular complexity index is 666. The van der Waals surface area contributed by atoms with E-state index in [1.807, 2.05) is 13.8 Å². The first-order valence-electron chi connectivity index (χ1n) is 7.13. The van der Waals surface area contributed by atoms with Crippen LogP contribution in [-0.2, 0) is 12.4 Å². The van der Waals surface area contributed by atoms with Crippen molar-refractivity contribution in [3.8, 4) is 0 Å². The lowest BCUT2D eigenvalue weighted by molar-refractivity contribution is -0.143. The van der Waals surface area contributed by atoms with Crippen molar-refractivity contribution in [1.29, 1.82) is 0 Å². The Morgan fingerprint density at radius 2 is 1.17 bits per heavy atom. The van der Waals surface area contributed by atoms with Gasteiger partial charge in [-0.1, -0.05) is 26.0 Å². The number of hydrogen-bond acceptors (Lipinski definition) is 1. The second-order valence-corrected chi connectivity index (χ2v) is 5.70. The van der Waals surface area contributed by atoms with Gasteiger partial charge < -0.3 is 5.32 Å². The lowest BCUT2D eigenvalue weighted by atomic mass is 10.0. The van der Waals surface area contributed by atoms with Crippen molar-refractivity contribution in [2.45, 2.75) is 32.1 Å². The van der Waals surface area contributed by atoms with Gasteiger partial charge in [0.05, 0.1) is 11.1 Å². The largest absolute Gasteiger partial charge is 0.416 e. The highest BCUT2D eigenvalue weighted by Gasteiger charge is 2.36. The van der Waals surface area contributed by atoms with Gasteiger partial charge in [0.2, 0.25) is 0 Å². The molecular weight excluding hydrogens is 332 g/mol. The summed E-state index contributed by atoms with van der Waals surface area (Å²) in [6.07, 6.45) is -9.72. The van der Waals surface area contributed by atoms with Crippen LogP contribution in [0.3, 0.4) is 0 Å². The summed E-state index contributed by atoms with van der Waals surface area (Å²) in [7, 11) is 0. The van der Waals surface area contributed by atoms with Crippen LogP contribution >= 0.6 is 0 Å². The smallest absolute Gasteiger partial charge is 0.356 e. The summed E-state index contributed by atoms with van der Waals surface area (Å²) in [6, 6.07) is 8.19. The number of nitrogens with one attached hydrogen (secondary N) is 1. The molecule has 0 saturated carbocycles. The number of rotatable bonds is 3. The van der Waals surface area contributed by atoms with E-state index < -0.39 is 23.5 Å². The van der Waals surface area contributed by atoms with E-state index >= 15 is 0 Å². The first-order chi connectivity index (χ1) is 11.0. The van der Waals surface area contributed by atoms with Crippen LogP contribution < -0.4 is 5.32 Å². The van der Waals surface area contributed by atoms with E-state index in [-0.39, 0.29) is 17.7 Å². The number of benzene rings is 2. The SMILES string of the molecule is CC(C)c1ccc(Nc2cc(C(F)(F)F)cc(C(F)(F)F)c2)cc1. The van der Waals surface area contributed by atoms with Crippen molar-refractivity contribution in [3.63, 3.8) is 0 Å². The first kappa shape index (κ1) is 18.2. The van der Waals surface area contributed by atoms with Crippen LogP contribution in [0.5, 0.6) is 0 Å². The minimum Gasteiger partial charge on any atom is -0.356 e. The zero-order valence-electron chi connectivity index (χ0n) is 12.9. The molecule has 0 saturated heterocycles. The number of halogens is 6. The molecule has 0 bridgehead atoms. The third-order valence-electron chi connectivity index (χ3n) is 3.45. The molecule has 2 aromatic carbocycles.